The van der Waals surface area contributed by atoms with Crippen LogP contribution in [0.3, 0.4) is 0 Å². The molecule has 3 aromatic heterocycles. The molecule has 13 heteroatoms. The van der Waals surface area contributed by atoms with Gasteiger partial charge in [0.25, 0.3) is 5.91 Å². The van der Waals surface area contributed by atoms with E-state index in [1.807, 2.05) is 6.92 Å². The number of fused-ring (bicyclic) bond motifs is 2. The molecule has 6 rings (SSSR count). The summed E-state index contributed by atoms with van der Waals surface area (Å²) in [6.45, 7) is 2.24. The van der Waals surface area contributed by atoms with Crippen molar-refractivity contribution in [3.8, 4) is 16.9 Å². The van der Waals surface area contributed by atoms with Gasteiger partial charge in [-0.15, -0.1) is 5.10 Å². The normalized spacial score (nSPS) is 12.0. The van der Waals surface area contributed by atoms with E-state index in [4.69, 9.17) is 0 Å². The molecule has 0 saturated carbocycles. The number of anilines is 1. The van der Waals surface area contributed by atoms with E-state index in [2.05, 4.69) is 20.7 Å². The number of amides is 1. The molecule has 0 aliphatic heterocycles. The Bertz CT molecular complexity index is 2010. The van der Waals surface area contributed by atoms with Gasteiger partial charge in [0.05, 0.1) is 33.5 Å². The van der Waals surface area contributed by atoms with Gasteiger partial charge in [0.2, 0.25) is 0 Å². The molecule has 0 spiro atoms. The maximum Gasteiger partial charge on any atom is 0.416 e. The second-order valence-corrected chi connectivity index (χ2v) is 9.53. The number of benzene rings is 3. The van der Waals surface area contributed by atoms with Gasteiger partial charge >= 0.3 is 11.9 Å². The number of carbonyl (C=O) groups excluding carboxylic acids is 1. The highest BCUT2D eigenvalue weighted by Gasteiger charge is 2.33. The number of alkyl halides is 3. The Balaban J connectivity index is 1.48. The molecule has 0 aliphatic rings. The lowest BCUT2D eigenvalue weighted by Gasteiger charge is -2.14. The highest BCUT2D eigenvalue weighted by atomic mass is 19.4. The van der Waals surface area contributed by atoms with Crippen LogP contribution in [0.15, 0.2) is 71.8 Å². The summed E-state index contributed by atoms with van der Waals surface area (Å²) in [4.78, 5) is 25.9. The van der Waals surface area contributed by atoms with Crippen molar-refractivity contribution in [3.05, 3.63) is 88.6 Å². The molecule has 0 bridgehead atoms. The van der Waals surface area contributed by atoms with Crippen molar-refractivity contribution in [2.45, 2.75) is 19.6 Å². The van der Waals surface area contributed by atoms with Crippen LogP contribution in [0, 0.1) is 0 Å². The largest absolute Gasteiger partial charge is 0.416 e. The molecule has 6 aromatic rings. The molecule has 41 heavy (non-hydrogen) atoms. The number of carbonyl (C=O) groups is 1. The minimum Gasteiger partial charge on any atom is -0.340 e. The summed E-state index contributed by atoms with van der Waals surface area (Å²) in [5.74, 6) is -0.704. The number of hydrogen-bond acceptors (Lipinski definition) is 5. The zero-order chi connectivity index (χ0) is 29.1. The van der Waals surface area contributed by atoms with Crippen molar-refractivity contribution in [2.75, 3.05) is 5.32 Å². The third-order valence-corrected chi connectivity index (χ3v) is 7.04. The van der Waals surface area contributed by atoms with Crippen molar-refractivity contribution in [1.29, 1.82) is 0 Å². The Labute approximate surface area is 230 Å². The number of nitrogens with zero attached hydrogens (tertiary/aromatic N) is 7. The van der Waals surface area contributed by atoms with E-state index in [0.717, 1.165) is 12.1 Å². The second-order valence-electron chi connectivity index (χ2n) is 9.53. The highest BCUT2D eigenvalue weighted by molar-refractivity contribution is 6.15. The third-order valence-electron chi connectivity index (χ3n) is 7.04. The fraction of sp³-hybridized carbons (Fsp3) is 0.179. The Morgan fingerprint density at radius 3 is 2.41 bits per heavy atom. The molecular weight excluding hydrogens is 537 g/mol. The molecule has 0 aliphatic carbocycles. The Hall–Kier alpha value is -5.20. The molecule has 208 valence electrons. The van der Waals surface area contributed by atoms with Crippen molar-refractivity contribution in [3.63, 3.8) is 0 Å². The molecule has 10 nitrogen and oxygen atoms in total. The number of aryl methyl sites for hydroxylation is 3. The van der Waals surface area contributed by atoms with Crippen LogP contribution >= 0.6 is 0 Å². The van der Waals surface area contributed by atoms with Crippen LogP contribution < -0.4 is 11.0 Å². The lowest BCUT2D eigenvalue weighted by molar-refractivity contribution is -0.137. The minimum absolute atomic E-state index is 0.123. The maximum absolute atomic E-state index is 14.0. The first-order valence-corrected chi connectivity index (χ1v) is 12.6. The first-order valence-electron chi connectivity index (χ1n) is 12.6. The first kappa shape index (κ1) is 26.0. The van der Waals surface area contributed by atoms with Gasteiger partial charge in [0.1, 0.15) is 11.8 Å². The summed E-state index contributed by atoms with van der Waals surface area (Å²) in [6.07, 6.45) is -3.26. The van der Waals surface area contributed by atoms with Gasteiger partial charge in [-0.05, 0) is 55.0 Å². The zero-order valence-electron chi connectivity index (χ0n) is 22.1. The topological polar surface area (TPSA) is 105 Å². The van der Waals surface area contributed by atoms with E-state index in [1.165, 1.54) is 20.3 Å². The zero-order valence-corrected chi connectivity index (χ0v) is 22.1. The summed E-state index contributed by atoms with van der Waals surface area (Å²) in [6, 6.07) is 15.7. The summed E-state index contributed by atoms with van der Waals surface area (Å²) >= 11 is 0. The van der Waals surface area contributed by atoms with Gasteiger partial charge in [-0.2, -0.15) is 18.3 Å². The third kappa shape index (κ3) is 4.35. The van der Waals surface area contributed by atoms with Gasteiger partial charge < -0.3 is 9.88 Å². The molecule has 3 aromatic carbocycles. The molecule has 1 amide bonds. The van der Waals surface area contributed by atoms with Crippen LogP contribution in [-0.2, 0) is 26.8 Å². The smallest absolute Gasteiger partial charge is 0.340 e. The lowest BCUT2D eigenvalue weighted by atomic mass is 10.0. The van der Waals surface area contributed by atoms with E-state index in [9.17, 15) is 22.8 Å². The maximum atomic E-state index is 14.0. The Morgan fingerprint density at radius 1 is 1.00 bits per heavy atom. The predicted octanol–water partition coefficient (Wildman–Crippen LogP) is 4.77. The quantitative estimate of drug-likeness (QED) is 0.327. The van der Waals surface area contributed by atoms with E-state index in [1.54, 1.807) is 67.2 Å². The van der Waals surface area contributed by atoms with Crippen molar-refractivity contribution in [1.82, 2.24) is 33.9 Å². The fourth-order valence-corrected chi connectivity index (χ4v) is 5.02. The number of hydrogen-bond donors (Lipinski definition) is 1. The van der Waals surface area contributed by atoms with E-state index < -0.39 is 17.6 Å². The average Bonchev–Trinajstić information content (AvgIpc) is 3.63. The van der Waals surface area contributed by atoms with E-state index >= 15 is 0 Å². The molecule has 1 N–H and O–H groups in total. The summed E-state index contributed by atoms with van der Waals surface area (Å²) in [5.41, 5.74) is 2.33. The van der Waals surface area contributed by atoms with Crippen molar-refractivity contribution in [2.24, 2.45) is 14.1 Å². The SMILES string of the molecule is CCn1c(-c2ccc(-n3cnn(C)c3=O)cc2)cc2cc(C(F)(F)F)cc(C(=O)Nc3cccc4c3nnn4C)c21. The predicted molar refractivity (Wildman–Crippen MR) is 147 cm³/mol. The summed E-state index contributed by atoms with van der Waals surface area (Å²) < 4.78 is 47.8. The van der Waals surface area contributed by atoms with Crippen LogP contribution in [0.25, 0.3) is 38.9 Å². The number of aromatic nitrogens is 7. The van der Waals surface area contributed by atoms with E-state index in [0.29, 0.717) is 45.7 Å². The van der Waals surface area contributed by atoms with E-state index in [-0.39, 0.29) is 16.6 Å². The molecule has 3 heterocycles. The van der Waals surface area contributed by atoms with Crippen LogP contribution in [0.1, 0.15) is 22.8 Å². The molecule has 0 fully saturated rings. The molecule has 0 radical (unpaired) electrons. The number of rotatable bonds is 5. The van der Waals surface area contributed by atoms with Gasteiger partial charge in [-0.3, -0.25) is 4.79 Å². The van der Waals surface area contributed by atoms with Crippen LogP contribution in [0.5, 0.6) is 0 Å². The summed E-state index contributed by atoms with van der Waals surface area (Å²) in [5, 5.41) is 15.0. The fourth-order valence-electron chi connectivity index (χ4n) is 5.02. The Morgan fingerprint density at radius 2 is 1.76 bits per heavy atom. The standard InChI is InChI=1S/C28H23F3N8O2/c1-4-38-23(16-8-10-19(11-9-16)39-15-32-37(3)27(39)41)13-17-12-18(28(29,30)31)14-20(25(17)38)26(40)33-21-6-5-7-22-24(21)34-35-36(22)2/h5-15H,4H2,1-3H3,(H,33,40). The average molecular weight is 561 g/mol. The Kier molecular flexibility index (Phi) is 6.01. The first-order chi connectivity index (χ1) is 19.6. The van der Waals surface area contributed by atoms with Crippen molar-refractivity contribution >= 4 is 33.5 Å². The van der Waals surface area contributed by atoms with Gasteiger partial charge in [-0.1, -0.05) is 23.4 Å². The van der Waals surface area contributed by atoms with Gasteiger partial charge in [0.15, 0.2) is 0 Å². The van der Waals surface area contributed by atoms with Gasteiger partial charge in [0, 0.05) is 31.7 Å². The highest BCUT2D eigenvalue weighted by Crippen LogP contribution is 2.37. The number of halogens is 3. The lowest BCUT2D eigenvalue weighted by Crippen LogP contribution is -2.21. The van der Waals surface area contributed by atoms with Gasteiger partial charge in [-0.25, -0.2) is 18.7 Å². The minimum atomic E-state index is -4.67. The molecule has 0 unspecified atom stereocenters. The summed E-state index contributed by atoms with van der Waals surface area (Å²) in [7, 11) is 3.25. The number of nitrogens with one attached hydrogen (secondary N) is 1. The van der Waals surface area contributed by atoms with Crippen LogP contribution in [0.4, 0.5) is 18.9 Å². The monoisotopic (exact) mass is 560 g/mol. The molecular formula is C28H23F3N8O2. The van der Waals surface area contributed by atoms with Crippen LogP contribution in [-0.4, -0.2) is 39.8 Å². The second kappa shape index (κ2) is 9.47. The van der Waals surface area contributed by atoms with Crippen LogP contribution in [0.2, 0.25) is 0 Å². The molecule has 0 saturated heterocycles. The van der Waals surface area contributed by atoms with Crippen molar-refractivity contribution < 1.29 is 18.0 Å². The molecule has 0 atom stereocenters.